The fourth-order valence-corrected chi connectivity index (χ4v) is 3.79. The van der Waals surface area contributed by atoms with Gasteiger partial charge in [0.15, 0.2) is 5.58 Å². The molecule has 1 aromatic heterocycles. The molecule has 2 atom stereocenters. The van der Waals surface area contributed by atoms with E-state index in [4.69, 9.17) is 10.2 Å². The lowest BCUT2D eigenvalue weighted by atomic mass is 9.94. The van der Waals surface area contributed by atoms with Crippen LogP contribution in [0.1, 0.15) is 41.6 Å². The Morgan fingerprint density at radius 1 is 1.17 bits per heavy atom. The summed E-state index contributed by atoms with van der Waals surface area (Å²) in [6.45, 7) is 0.373. The number of alkyl halides is 3. The first kappa shape index (κ1) is 20.2. The number of ether oxygens (including phenoxy) is 1. The van der Waals surface area contributed by atoms with Gasteiger partial charge in [-0.25, -0.2) is 4.98 Å². The van der Waals surface area contributed by atoms with Crippen molar-refractivity contribution in [3.8, 4) is 5.75 Å². The van der Waals surface area contributed by atoms with E-state index in [9.17, 15) is 18.0 Å². The highest BCUT2D eigenvalue weighted by atomic mass is 19.4. The molecular weight excluding hydrogens is 399 g/mol. The maximum atomic E-state index is 13.2. The molecule has 1 fully saturated rings. The first-order chi connectivity index (χ1) is 14.3. The standard InChI is InChI=1S/C21H20F3N3O3/c22-21(23,24)30-16-10-3-1-7-13(16)20(28)27-12-6-5-9-15(27)18(25)19-26-14-8-2-4-11-17(14)29-19/h1-4,7-8,10-11,15,18H,5-6,9,12,25H2. The molecule has 0 radical (unpaired) electrons. The number of amides is 1. The number of rotatable bonds is 4. The van der Waals surface area contributed by atoms with Gasteiger partial charge in [-0.3, -0.25) is 4.79 Å². The number of carbonyl (C=O) groups is 1. The first-order valence-electron chi connectivity index (χ1n) is 9.60. The normalized spacial score (nSPS) is 18.4. The Morgan fingerprint density at radius 3 is 2.67 bits per heavy atom. The Balaban J connectivity index is 1.63. The number of aromatic nitrogens is 1. The Morgan fingerprint density at radius 2 is 1.90 bits per heavy atom. The fraction of sp³-hybridized carbons (Fsp3) is 0.333. The van der Waals surface area contributed by atoms with Crippen LogP contribution in [-0.2, 0) is 0 Å². The summed E-state index contributed by atoms with van der Waals surface area (Å²) in [6, 6.07) is 11.4. The number of hydrogen-bond donors (Lipinski definition) is 1. The van der Waals surface area contributed by atoms with E-state index in [2.05, 4.69) is 9.72 Å². The van der Waals surface area contributed by atoms with Crippen molar-refractivity contribution in [2.24, 2.45) is 5.73 Å². The first-order valence-corrected chi connectivity index (χ1v) is 9.60. The van der Waals surface area contributed by atoms with Crippen molar-refractivity contribution < 1.29 is 27.1 Å². The highest BCUT2D eigenvalue weighted by Gasteiger charge is 2.37. The third kappa shape index (κ3) is 4.11. The molecular formula is C21H20F3N3O3. The molecule has 30 heavy (non-hydrogen) atoms. The molecule has 0 saturated carbocycles. The minimum absolute atomic E-state index is 0.161. The summed E-state index contributed by atoms with van der Waals surface area (Å²) in [6.07, 6.45) is -2.74. The van der Waals surface area contributed by atoms with Crippen LogP contribution >= 0.6 is 0 Å². The maximum absolute atomic E-state index is 13.2. The van der Waals surface area contributed by atoms with Crippen molar-refractivity contribution in [2.75, 3.05) is 6.54 Å². The zero-order valence-electron chi connectivity index (χ0n) is 15.9. The van der Waals surface area contributed by atoms with Crippen molar-refractivity contribution >= 4 is 17.0 Å². The predicted octanol–water partition coefficient (Wildman–Crippen LogP) is 4.42. The number of fused-ring (bicyclic) bond motifs is 1. The number of benzene rings is 2. The number of oxazole rings is 1. The minimum Gasteiger partial charge on any atom is -0.439 e. The second-order valence-corrected chi connectivity index (χ2v) is 7.15. The minimum atomic E-state index is -4.90. The van der Waals surface area contributed by atoms with Crippen molar-refractivity contribution in [2.45, 2.75) is 37.7 Å². The number of nitrogens with two attached hydrogens (primary N) is 1. The lowest BCUT2D eigenvalue weighted by Gasteiger charge is -2.38. The van der Waals surface area contributed by atoms with Gasteiger partial charge in [-0.15, -0.1) is 13.2 Å². The topological polar surface area (TPSA) is 81.6 Å². The molecule has 1 aliphatic heterocycles. The molecule has 2 N–H and O–H groups in total. The molecule has 1 saturated heterocycles. The van der Waals surface area contributed by atoms with Gasteiger partial charge in [0, 0.05) is 6.54 Å². The van der Waals surface area contributed by atoms with Gasteiger partial charge in [0.25, 0.3) is 5.91 Å². The third-order valence-electron chi connectivity index (χ3n) is 5.16. The monoisotopic (exact) mass is 419 g/mol. The van der Waals surface area contributed by atoms with Crippen LogP contribution in [0.15, 0.2) is 52.9 Å². The van der Waals surface area contributed by atoms with E-state index in [1.807, 2.05) is 12.1 Å². The zero-order chi connectivity index (χ0) is 21.3. The molecule has 1 aliphatic rings. The van der Waals surface area contributed by atoms with Crippen molar-refractivity contribution in [1.29, 1.82) is 0 Å². The highest BCUT2D eigenvalue weighted by Crippen LogP contribution is 2.32. The van der Waals surface area contributed by atoms with Gasteiger partial charge in [0.1, 0.15) is 17.3 Å². The summed E-state index contributed by atoms with van der Waals surface area (Å²) in [5.74, 6) is -0.804. The van der Waals surface area contributed by atoms with Crippen LogP contribution in [0.3, 0.4) is 0 Å². The van der Waals surface area contributed by atoms with E-state index in [-0.39, 0.29) is 5.56 Å². The van der Waals surface area contributed by atoms with Gasteiger partial charge in [0.2, 0.25) is 5.89 Å². The average Bonchev–Trinajstić information content (AvgIpc) is 3.16. The highest BCUT2D eigenvalue weighted by molar-refractivity contribution is 5.97. The molecule has 9 heteroatoms. The Bertz CT molecular complexity index is 1020. The molecule has 0 spiro atoms. The summed E-state index contributed by atoms with van der Waals surface area (Å²) < 4.78 is 48.1. The van der Waals surface area contributed by atoms with E-state index in [1.165, 1.54) is 23.1 Å². The predicted molar refractivity (Wildman–Crippen MR) is 103 cm³/mol. The number of hydrogen-bond acceptors (Lipinski definition) is 5. The Hall–Kier alpha value is -3.07. The number of carbonyl (C=O) groups excluding carboxylic acids is 1. The van der Waals surface area contributed by atoms with Gasteiger partial charge in [-0.05, 0) is 43.5 Å². The van der Waals surface area contributed by atoms with Gasteiger partial charge in [0.05, 0.1) is 11.6 Å². The third-order valence-corrected chi connectivity index (χ3v) is 5.16. The number of halogens is 3. The number of likely N-dealkylation sites (tertiary alicyclic amines) is 1. The van der Waals surface area contributed by atoms with Gasteiger partial charge in [-0.2, -0.15) is 0 Å². The second-order valence-electron chi connectivity index (χ2n) is 7.15. The molecule has 6 nitrogen and oxygen atoms in total. The summed E-state index contributed by atoms with van der Waals surface area (Å²) >= 11 is 0. The van der Waals surface area contributed by atoms with Crippen LogP contribution in [0.25, 0.3) is 11.1 Å². The van der Waals surface area contributed by atoms with Crippen LogP contribution in [-0.4, -0.2) is 34.7 Å². The van der Waals surface area contributed by atoms with Gasteiger partial charge >= 0.3 is 6.36 Å². The number of piperidine rings is 1. The summed E-state index contributed by atoms with van der Waals surface area (Å²) in [7, 11) is 0. The molecule has 0 aliphatic carbocycles. The van der Waals surface area contributed by atoms with Crippen molar-refractivity contribution in [3.05, 3.63) is 60.0 Å². The lowest BCUT2D eigenvalue weighted by molar-refractivity contribution is -0.274. The molecule has 2 unspecified atom stereocenters. The SMILES string of the molecule is NC(c1nc2ccccc2o1)C1CCCCN1C(=O)c1ccccc1OC(F)(F)F. The van der Waals surface area contributed by atoms with Gasteiger partial charge < -0.3 is 19.8 Å². The van der Waals surface area contributed by atoms with Crippen LogP contribution in [0.4, 0.5) is 13.2 Å². The molecule has 1 amide bonds. The van der Waals surface area contributed by atoms with E-state index in [0.29, 0.717) is 30.0 Å². The molecule has 2 aromatic carbocycles. The second kappa shape index (κ2) is 7.98. The van der Waals surface area contributed by atoms with Crippen LogP contribution < -0.4 is 10.5 Å². The molecule has 2 heterocycles. The van der Waals surface area contributed by atoms with Gasteiger partial charge in [-0.1, -0.05) is 24.3 Å². The summed E-state index contributed by atoms with van der Waals surface area (Å²) in [5, 5.41) is 0. The van der Waals surface area contributed by atoms with E-state index < -0.39 is 30.1 Å². The fourth-order valence-electron chi connectivity index (χ4n) is 3.79. The lowest BCUT2D eigenvalue weighted by Crippen LogP contribution is -2.49. The Kier molecular flexibility index (Phi) is 5.38. The van der Waals surface area contributed by atoms with Crippen LogP contribution in [0.5, 0.6) is 5.75 Å². The van der Waals surface area contributed by atoms with Crippen molar-refractivity contribution in [1.82, 2.24) is 9.88 Å². The Labute approximate surface area is 170 Å². The quantitative estimate of drug-likeness (QED) is 0.677. The average molecular weight is 419 g/mol. The molecule has 0 bridgehead atoms. The largest absolute Gasteiger partial charge is 0.573 e. The van der Waals surface area contributed by atoms with Crippen molar-refractivity contribution in [3.63, 3.8) is 0 Å². The summed E-state index contributed by atoms with van der Waals surface area (Å²) in [4.78, 5) is 19.1. The molecule has 158 valence electrons. The molecule has 3 aromatic rings. The smallest absolute Gasteiger partial charge is 0.439 e. The van der Waals surface area contributed by atoms with E-state index >= 15 is 0 Å². The van der Waals surface area contributed by atoms with E-state index in [0.717, 1.165) is 18.9 Å². The molecule has 4 rings (SSSR count). The zero-order valence-corrected chi connectivity index (χ0v) is 15.9. The maximum Gasteiger partial charge on any atom is 0.573 e. The number of para-hydroxylation sites is 3. The van der Waals surface area contributed by atoms with E-state index in [1.54, 1.807) is 12.1 Å². The summed E-state index contributed by atoms with van der Waals surface area (Å²) in [5.41, 5.74) is 7.49. The van der Waals surface area contributed by atoms with Crippen LogP contribution in [0, 0.1) is 0 Å². The number of nitrogens with zero attached hydrogens (tertiary/aromatic N) is 2. The van der Waals surface area contributed by atoms with Crippen LogP contribution in [0.2, 0.25) is 0 Å².